The summed E-state index contributed by atoms with van der Waals surface area (Å²) < 4.78 is 20.1. The van der Waals surface area contributed by atoms with Gasteiger partial charge in [0.25, 0.3) is 0 Å². The summed E-state index contributed by atoms with van der Waals surface area (Å²) in [7, 11) is 1.43. The van der Waals surface area contributed by atoms with Crippen molar-refractivity contribution in [3.8, 4) is 17.0 Å². The van der Waals surface area contributed by atoms with Gasteiger partial charge in [-0.2, -0.15) is 4.98 Å². The number of methoxy groups -OCH3 is 1. The Bertz CT molecular complexity index is 721. The normalized spacial score (nSPS) is 11.0. The van der Waals surface area contributed by atoms with E-state index in [1.807, 2.05) is 5.38 Å². The Morgan fingerprint density at radius 1 is 1.44 bits per heavy atom. The van der Waals surface area contributed by atoms with Crippen molar-refractivity contribution in [2.24, 2.45) is 0 Å². The van der Waals surface area contributed by atoms with Crippen molar-refractivity contribution < 1.29 is 9.13 Å². The van der Waals surface area contributed by atoms with E-state index in [9.17, 15) is 4.39 Å². The third-order valence-corrected chi connectivity index (χ3v) is 3.36. The van der Waals surface area contributed by atoms with E-state index in [2.05, 4.69) is 10.1 Å². The maximum atomic E-state index is 13.7. The van der Waals surface area contributed by atoms with Crippen molar-refractivity contribution >= 4 is 22.2 Å². The number of hydrogen-bond donors (Lipinski definition) is 1. The molecule has 0 spiro atoms. The van der Waals surface area contributed by atoms with E-state index in [4.69, 9.17) is 10.5 Å². The number of thiazole rings is 1. The quantitative estimate of drug-likeness (QED) is 0.770. The van der Waals surface area contributed by atoms with Gasteiger partial charge in [0.1, 0.15) is 0 Å². The highest BCUT2D eigenvalue weighted by Crippen LogP contribution is 2.28. The van der Waals surface area contributed by atoms with E-state index >= 15 is 0 Å². The third-order valence-electron chi connectivity index (χ3n) is 2.55. The Balaban J connectivity index is 2.16. The minimum absolute atomic E-state index is 0.206. The van der Waals surface area contributed by atoms with E-state index < -0.39 is 5.82 Å². The van der Waals surface area contributed by atoms with Gasteiger partial charge in [-0.1, -0.05) is 0 Å². The molecular formula is C11H9FN4OS. The summed E-state index contributed by atoms with van der Waals surface area (Å²) >= 11 is 1.40. The van der Waals surface area contributed by atoms with E-state index in [1.165, 1.54) is 24.5 Å². The van der Waals surface area contributed by atoms with E-state index in [0.717, 1.165) is 5.69 Å². The molecule has 2 heterocycles. The van der Waals surface area contributed by atoms with Crippen LogP contribution in [0, 0.1) is 5.82 Å². The maximum absolute atomic E-state index is 13.7. The molecule has 0 radical (unpaired) electrons. The number of fused-ring (bicyclic) bond motifs is 1. The highest BCUT2D eigenvalue weighted by molar-refractivity contribution is 7.15. The molecular weight excluding hydrogens is 255 g/mol. The monoisotopic (exact) mass is 264 g/mol. The molecule has 2 aromatic heterocycles. The Morgan fingerprint density at radius 2 is 2.28 bits per heavy atom. The first-order valence-corrected chi connectivity index (χ1v) is 6.00. The summed E-state index contributed by atoms with van der Waals surface area (Å²) in [4.78, 5) is 4.72. The first kappa shape index (κ1) is 11.0. The van der Waals surface area contributed by atoms with E-state index in [0.29, 0.717) is 10.5 Å². The molecule has 3 aromatic rings. The molecule has 0 saturated heterocycles. The van der Waals surface area contributed by atoms with Gasteiger partial charge in [-0.25, -0.2) is 8.91 Å². The van der Waals surface area contributed by atoms with Crippen molar-refractivity contribution in [2.75, 3.05) is 12.8 Å². The fourth-order valence-electron chi connectivity index (χ4n) is 1.72. The number of aromatic nitrogens is 3. The van der Waals surface area contributed by atoms with Crippen LogP contribution in [0.1, 0.15) is 0 Å². The number of ether oxygens (including phenoxy) is 1. The number of hydrogen-bond acceptors (Lipinski definition) is 5. The Morgan fingerprint density at radius 3 is 3.00 bits per heavy atom. The zero-order valence-electron chi connectivity index (χ0n) is 9.42. The minimum atomic E-state index is -0.414. The second-order valence-corrected chi connectivity index (χ2v) is 4.47. The van der Waals surface area contributed by atoms with Crippen LogP contribution in [0.15, 0.2) is 23.6 Å². The van der Waals surface area contributed by atoms with Gasteiger partial charge in [0.15, 0.2) is 11.6 Å². The predicted molar refractivity (Wildman–Crippen MR) is 67.2 cm³/mol. The summed E-state index contributed by atoms with van der Waals surface area (Å²) in [6.07, 6.45) is 0. The van der Waals surface area contributed by atoms with Crippen LogP contribution in [0.3, 0.4) is 0 Å². The Labute approximate surface area is 106 Å². The average molecular weight is 264 g/mol. The van der Waals surface area contributed by atoms with Gasteiger partial charge in [-0.3, -0.25) is 0 Å². The molecule has 92 valence electrons. The lowest BCUT2D eigenvalue weighted by Crippen LogP contribution is -1.93. The predicted octanol–water partition coefficient (Wildman–Crippen LogP) is 2.19. The van der Waals surface area contributed by atoms with Crippen molar-refractivity contribution in [3.63, 3.8) is 0 Å². The molecule has 0 aliphatic carbocycles. The number of halogens is 1. The molecule has 0 saturated carbocycles. The van der Waals surface area contributed by atoms with Crippen LogP contribution in [-0.2, 0) is 0 Å². The molecule has 18 heavy (non-hydrogen) atoms. The molecule has 7 heteroatoms. The molecule has 0 fully saturated rings. The standard InChI is InChI=1S/C11H9FN4OS/c1-17-9-3-2-6(4-7(9)12)8-5-18-11-14-10(13)15-16(8)11/h2-5H,1H3,(H2,13,15). The van der Waals surface area contributed by atoms with Gasteiger partial charge in [-0.05, 0) is 18.2 Å². The van der Waals surface area contributed by atoms with Gasteiger partial charge in [0.05, 0.1) is 12.8 Å². The minimum Gasteiger partial charge on any atom is -0.494 e. The van der Waals surface area contributed by atoms with Crippen LogP contribution >= 0.6 is 11.3 Å². The van der Waals surface area contributed by atoms with Gasteiger partial charge in [0, 0.05) is 10.9 Å². The second-order valence-electron chi connectivity index (χ2n) is 3.63. The molecule has 5 nitrogen and oxygen atoms in total. The number of anilines is 1. The lowest BCUT2D eigenvalue weighted by Gasteiger charge is -2.03. The van der Waals surface area contributed by atoms with Gasteiger partial charge < -0.3 is 10.5 Å². The highest BCUT2D eigenvalue weighted by Gasteiger charge is 2.12. The topological polar surface area (TPSA) is 65.4 Å². The lowest BCUT2D eigenvalue weighted by molar-refractivity contribution is 0.386. The first-order chi connectivity index (χ1) is 8.69. The molecule has 1 aromatic carbocycles. The molecule has 0 amide bonds. The van der Waals surface area contributed by atoms with Crippen LogP contribution < -0.4 is 10.5 Å². The summed E-state index contributed by atoms with van der Waals surface area (Å²) in [5.74, 6) is 0.00264. The second kappa shape index (κ2) is 3.95. The summed E-state index contributed by atoms with van der Waals surface area (Å²) in [6, 6.07) is 4.74. The van der Waals surface area contributed by atoms with Crippen molar-refractivity contribution in [3.05, 3.63) is 29.4 Å². The van der Waals surface area contributed by atoms with Crippen molar-refractivity contribution in [2.45, 2.75) is 0 Å². The largest absolute Gasteiger partial charge is 0.494 e. The fourth-order valence-corrected chi connectivity index (χ4v) is 2.56. The summed E-state index contributed by atoms with van der Waals surface area (Å²) in [5.41, 5.74) is 6.98. The number of nitrogens with two attached hydrogens (primary N) is 1. The van der Waals surface area contributed by atoms with Crippen LogP contribution in [0.25, 0.3) is 16.2 Å². The number of nitrogen functional groups attached to an aromatic ring is 1. The Kier molecular flexibility index (Phi) is 2.41. The smallest absolute Gasteiger partial charge is 0.241 e. The molecule has 0 aliphatic rings. The fraction of sp³-hybridized carbons (Fsp3) is 0.0909. The van der Waals surface area contributed by atoms with Crippen LogP contribution in [0.4, 0.5) is 10.3 Å². The number of rotatable bonds is 2. The van der Waals surface area contributed by atoms with Crippen LogP contribution in [-0.4, -0.2) is 21.7 Å². The maximum Gasteiger partial charge on any atom is 0.241 e. The molecule has 0 unspecified atom stereocenters. The molecule has 0 atom stereocenters. The third kappa shape index (κ3) is 1.60. The van der Waals surface area contributed by atoms with Gasteiger partial charge in [0.2, 0.25) is 10.9 Å². The average Bonchev–Trinajstić information content (AvgIpc) is 2.87. The van der Waals surface area contributed by atoms with E-state index in [1.54, 1.807) is 16.6 Å². The Hall–Kier alpha value is -2.15. The number of nitrogens with zero attached hydrogens (tertiary/aromatic N) is 3. The summed E-state index contributed by atoms with van der Waals surface area (Å²) in [5, 5.41) is 5.92. The molecule has 0 bridgehead atoms. The van der Waals surface area contributed by atoms with E-state index in [-0.39, 0.29) is 11.7 Å². The zero-order valence-corrected chi connectivity index (χ0v) is 10.2. The summed E-state index contributed by atoms with van der Waals surface area (Å²) in [6.45, 7) is 0. The first-order valence-electron chi connectivity index (χ1n) is 5.12. The SMILES string of the molecule is COc1ccc(-c2csc3nc(N)nn23)cc1F. The van der Waals surface area contributed by atoms with Crippen LogP contribution in [0.5, 0.6) is 5.75 Å². The van der Waals surface area contributed by atoms with Crippen molar-refractivity contribution in [1.29, 1.82) is 0 Å². The molecule has 3 rings (SSSR count). The van der Waals surface area contributed by atoms with Gasteiger partial charge in [-0.15, -0.1) is 16.4 Å². The highest BCUT2D eigenvalue weighted by atomic mass is 32.1. The van der Waals surface area contributed by atoms with Crippen LogP contribution in [0.2, 0.25) is 0 Å². The lowest BCUT2D eigenvalue weighted by atomic mass is 10.1. The van der Waals surface area contributed by atoms with Gasteiger partial charge >= 0.3 is 0 Å². The van der Waals surface area contributed by atoms with Crippen molar-refractivity contribution in [1.82, 2.24) is 14.6 Å². The zero-order chi connectivity index (χ0) is 12.7. The molecule has 0 aliphatic heterocycles. The molecule has 2 N–H and O–H groups in total. The number of benzene rings is 1.